The van der Waals surface area contributed by atoms with E-state index in [1.165, 1.54) is 35.1 Å². The number of carbonyl (C=O) groups is 2. The number of esters is 1. The fraction of sp³-hybridized carbons (Fsp3) is 0.411. The molecular weight excluding hydrogens is 1030 g/mol. The normalized spacial score (nSPS) is 19.6. The van der Waals surface area contributed by atoms with Gasteiger partial charge in [0.05, 0.1) is 43.6 Å². The van der Waals surface area contributed by atoms with Crippen molar-refractivity contribution in [2.45, 2.75) is 128 Å². The van der Waals surface area contributed by atoms with Crippen LogP contribution < -0.4 is 21.7 Å². The number of benzene rings is 1. The zero-order valence-electron chi connectivity index (χ0n) is 46.4. The molecule has 1 amide bonds. The summed E-state index contributed by atoms with van der Waals surface area (Å²) in [4.78, 5) is 48.2. The Morgan fingerprint density at radius 1 is 0.662 bits per heavy atom. The third-order valence-electron chi connectivity index (χ3n) is 14.5. The third kappa shape index (κ3) is 14.3. The van der Waals surface area contributed by atoms with Crippen LogP contribution in [-0.4, -0.2) is 109 Å². The summed E-state index contributed by atoms with van der Waals surface area (Å²) in [6.45, 7) is 11.6. The van der Waals surface area contributed by atoms with Crippen molar-refractivity contribution in [3.63, 3.8) is 0 Å². The molecule has 7 aromatic heterocycles. The zero-order chi connectivity index (χ0) is 57.1. The van der Waals surface area contributed by atoms with Gasteiger partial charge >= 0.3 is 5.97 Å². The van der Waals surface area contributed by atoms with E-state index in [1.807, 2.05) is 96.1 Å². The van der Waals surface area contributed by atoms with Crippen LogP contribution in [0.2, 0.25) is 0 Å². The lowest BCUT2D eigenvalue weighted by Crippen LogP contribution is -2.50. The summed E-state index contributed by atoms with van der Waals surface area (Å²) < 4.78 is 45.1. The molecule has 0 saturated heterocycles. The Bertz CT molecular complexity index is 3320. The molecule has 0 bridgehead atoms. The molecule has 0 spiro atoms. The fourth-order valence-electron chi connectivity index (χ4n) is 9.87. The molecule has 2 aliphatic rings. The average Bonchev–Trinajstić information content (AvgIpc) is 4.31. The molecule has 2 saturated carbocycles. The van der Waals surface area contributed by atoms with Crippen molar-refractivity contribution in [1.29, 1.82) is 0 Å². The van der Waals surface area contributed by atoms with Gasteiger partial charge in [0.25, 0.3) is 5.91 Å². The molecule has 1 aromatic carbocycles. The molecule has 2 fully saturated rings. The van der Waals surface area contributed by atoms with Gasteiger partial charge in [-0.25, -0.2) is 47.9 Å². The van der Waals surface area contributed by atoms with Crippen molar-refractivity contribution in [2.24, 2.45) is 5.73 Å². The molecule has 0 aliphatic heterocycles. The van der Waals surface area contributed by atoms with Crippen molar-refractivity contribution in [2.75, 3.05) is 32.0 Å². The van der Waals surface area contributed by atoms with Crippen LogP contribution in [0.4, 0.5) is 32.3 Å². The van der Waals surface area contributed by atoms with E-state index in [0.717, 1.165) is 82.9 Å². The summed E-state index contributed by atoms with van der Waals surface area (Å²) in [6, 6.07) is 18.7. The highest BCUT2D eigenvalue weighted by Gasteiger charge is 2.45. The number of hydrogen-bond acceptors (Lipinski definition) is 17. The maximum atomic E-state index is 13.4. The number of pyridine rings is 1. The minimum absolute atomic E-state index is 0.00778. The van der Waals surface area contributed by atoms with E-state index < -0.39 is 17.0 Å². The lowest BCUT2D eigenvalue weighted by molar-refractivity contribution is -0.170. The Balaban J connectivity index is 0.000000175. The number of aryl methyl sites for hydroxylation is 4. The molecule has 8 aromatic rings. The fourth-order valence-corrected chi connectivity index (χ4v) is 9.87. The van der Waals surface area contributed by atoms with Crippen molar-refractivity contribution < 1.29 is 32.6 Å². The largest absolute Gasteiger partial charge is 0.467 e. The van der Waals surface area contributed by atoms with Gasteiger partial charge in [-0.2, -0.15) is 20.4 Å². The molecular formula is C56H69F2N17O5. The number of methoxy groups -OCH3 is 3. The number of aromatic amines is 2. The number of H-pyrrole nitrogens is 2. The van der Waals surface area contributed by atoms with E-state index in [1.54, 1.807) is 26.5 Å². The van der Waals surface area contributed by atoms with E-state index in [4.69, 9.17) is 24.9 Å². The van der Waals surface area contributed by atoms with Crippen LogP contribution in [0, 0.1) is 39.3 Å². The van der Waals surface area contributed by atoms with Crippen LogP contribution in [0.3, 0.4) is 0 Å². The number of nitrogens with zero attached hydrogens (tertiary/aromatic N) is 11. The average molecular weight is 1100 g/mol. The quantitative estimate of drug-likeness (QED) is 0.0522. The highest BCUT2D eigenvalue weighted by atomic mass is 19.1. The number of aromatic nitrogens is 13. The maximum absolute atomic E-state index is 13.4. The molecule has 2 atom stereocenters. The first-order valence-corrected chi connectivity index (χ1v) is 26.4. The summed E-state index contributed by atoms with van der Waals surface area (Å²) in [6.07, 6.45) is 12.0. The highest BCUT2D eigenvalue weighted by Crippen LogP contribution is 2.42. The number of carbonyl (C=O) groups excluding carboxylic acids is 2. The zero-order valence-corrected chi connectivity index (χ0v) is 46.4. The summed E-state index contributed by atoms with van der Waals surface area (Å²) >= 11 is 0. The van der Waals surface area contributed by atoms with Crippen molar-refractivity contribution in [1.82, 2.24) is 70.2 Å². The summed E-state index contributed by atoms with van der Waals surface area (Å²) in [5.74, 6) is 2.10. The van der Waals surface area contributed by atoms with Gasteiger partial charge in [0.1, 0.15) is 5.60 Å². The van der Waals surface area contributed by atoms with Crippen LogP contribution in [0.1, 0.15) is 134 Å². The first-order valence-electron chi connectivity index (χ1n) is 26.4. The van der Waals surface area contributed by atoms with Gasteiger partial charge < -0.3 is 35.9 Å². The Kier molecular flexibility index (Phi) is 18.5. The topological polar surface area (TPSA) is 281 Å². The number of ether oxygens (including phenoxy) is 3. The predicted molar refractivity (Wildman–Crippen MR) is 295 cm³/mol. The molecule has 22 nitrogen and oxygen atoms in total. The second-order valence-corrected chi connectivity index (χ2v) is 20.3. The second kappa shape index (κ2) is 25.6. The summed E-state index contributed by atoms with van der Waals surface area (Å²) in [5.41, 5.74) is 12.2. The van der Waals surface area contributed by atoms with Gasteiger partial charge in [0.2, 0.25) is 11.9 Å². The SMILES string of the molecule is COC(=O)C1(OC)CCC(c2cc(C)nc(Nc3cc(C)[nH]n3)n2)CC1.COC1(C(=O)N[C@@H](C)c2ccc(-n3cc(F)cn3)nc2)CCC(c2cc(C)nc(Nc3cc(C)[nH]n3)n2)CC1.C[C@H](N)c1ccc(-n2cc(F)cn2)cc1. The number of amides is 1. The van der Waals surface area contributed by atoms with E-state index in [0.29, 0.717) is 55.0 Å². The third-order valence-corrected chi connectivity index (χ3v) is 14.5. The van der Waals surface area contributed by atoms with Gasteiger partial charge in [-0.3, -0.25) is 15.0 Å². The first kappa shape index (κ1) is 57.8. The summed E-state index contributed by atoms with van der Waals surface area (Å²) in [5, 5.41) is 31.3. The van der Waals surface area contributed by atoms with Crippen molar-refractivity contribution >= 4 is 35.4 Å². The maximum Gasteiger partial charge on any atom is 0.338 e. The number of hydrogen-bond donors (Lipinski definition) is 6. The highest BCUT2D eigenvalue weighted by molar-refractivity contribution is 5.85. The van der Waals surface area contributed by atoms with E-state index in [-0.39, 0.29) is 41.6 Å². The predicted octanol–water partition coefficient (Wildman–Crippen LogP) is 9.01. The molecule has 2 aliphatic carbocycles. The van der Waals surface area contributed by atoms with Crippen LogP contribution >= 0.6 is 0 Å². The minimum atomic E-state index is -0.916. The van der Waals surface area contributed by atoms with Crippen LogP contribution in [0.5, 0.6) is 0 Å². The molecule has 24 heteroatoms. The lowest BCUT2D eigenvalue weighted by Gasteiger charge is -2.38. The van der Waals surface area contributed by atoms with Crippen molar-refractivity contribution in [3.05, 3.63) is 149 Å². The Hall–Kier alpha value is -8.35. The summed E-state index contributed by atoms with van der Waals surface area (Å²) in [7, 11) is 4.56. The second-order valence-electron chi connectivity index (χ2n) is 20.3. The molecule has 10 rings (SSSR count). The van der Waals surface area contributed by atoms with Crippen LogP contribution in [-0.2, 0) is 23.8 Å². The number of rotatable bonds is 15. The Morgan fingerprint density at radius 3 is 1.56 bits per heavy atom. The number of halogens is 2. The Labute approximate surface area is 462 Å². The molecule has 422 valence electrons. The molecule has 0 radical (unpaired) electrons. The smallest absolute Gasteiger partial charge is 0.338 e. The number of nitrogens with two attached hydrogens (primary N) is 1. The van der Waals surface area contributed by atoms with Crippen molar-refractivity contribution in [3.8, 4) is 11.5 Å². The minimum Gasteiger partial charge on any atom is -0.467 e. The van der Waals surface area contributed by atoms with Gasteiger partial charge in [0, 0.05) is 84.6 Å². The van der Waals surface area contributed by atoms with Crippen LogP contribution in [0.15, 0.2) is 91.6 Å². The van der Waals surface area contributed by atoms with Gasteiger partial charge in [-0.1, -0.05) is 18.2 Å². The van der Waals surface area contributed by atoms with Gasteiger partial charge in [0.15, 0.2) is 34.7 Å². The van der Waals surface area contributed by atoms with E-state index in [9.17, 15) is 18.4 Å². The van der Waals surface area contributed by atoms with E-state index in [2.05, 4.69) is 66.5 Å². The van der Waals surface area contributed by atoms with Crippen LogP contribution in [0.25, 0.3) is 11.5 Å². The van der Waals surface area contributed by atoms with Gasteiger partial charge in [-0.05, 0) is 134 Å². The molecule has 7 N–H and O–H groups in total. The van der Waals surface area contributed by atoms with Gasteiger partial charge in [-0.15, -0.1) is 0 Å². The Morgan fingerprint density at radius 2 is 1.15 bits per heavy atom. The lowest BCUT2D eigenvalue weighted by atomic mass is 9.76. The number of anilines is 4. The molecule has 0 unspecified atom stereocenters. The first-order chi connectivity index (χ1) is 38.4. The monoisotopic (exact) mass is 1100 g/mol. The molecule has 80 heavy (non-hydrogen) atoms. The molecule has 7 heterocycles. The standard InChI is InChI=1S/C27H32FN9O2.C18H25N5O3.C11H12FN3/c1-16-11-22(33-26(31-16)34-23-12-17(2)35-36-23)19-7-9-27(39-4,10-8-19)25(38)32-18(3)20-5-6-24(29-13-20)37-15-21(28)14-30-37;1-11-9-14(20-17(19-11)21-15-10-12(2)22-23-15)13-5-7-18(26-4,8-6-13)16(24)25-3;1-8(13)9-2-4-11(5-3-9)15-7-10(12)6-14-15/h5-6,11-15,18-19H,7-10H2,1-4H3,(H,32,38)(H2,31,33,34,35,36);9-10,13H,5-8H2,1-4H3,(H2,19,20,21,22,23);2-8H,13H2,1H3/t18-,19?,27?;;8-/m0.0/s1. The number of nitrogens with one attached hydrogen (secondary N) is 5. The van der Waals surface area contributed by atoms with E-state index >= 15 is 0 Å².